The van der Waals surface area contributed by atoms with Crippen molar-refractivity contribution in [1.82, 2.24) is 0 Å². The van der Waals surface area contributed by atoms with Crippen molar-refractivity contribution in [2.45, 2.75) is 52.4 Å². The van der Waals surface area contributed by atoms with Gasteiger partial charge >= 0.3 is 0 Å². The minimum Gasteiger partial charge on any atom is -0.396 e. The maximum atomic E-state index is 8.43. The van der Waals surface area contributed by atoms with Gasteiger partial charge in [-0.15, -0.1) is 0 Å². The van der Waals surface area contributed by atoms with Crippen molar-refractivity contribution >= 4 is 0 Å². The van der Waals surface area contributed by atoms with Gasteiger partial charge in [0.1, 0.15) is 0 Å². The Kier molecular flexibility index (Phi) is 15.7. The van der Waals surface area contributed by atoms with E-state index < -0.39 is 0 Å². The van der Waals surface area contributed by atoms with E-state index in [0.29, 0.717) is 0 Å². The molecule has 0 radical (unpaired) electrons. The third-order valence-corrected chi connectivity index (χ3v) is 2.46. The highest BCUT2D eigenvalue weighted by Crippen LogP contribution is 2.15. The standard InChI is InChI=1S/C6H12.C5H12O2.C2H6O2/c1-2-4-6-5-3-1;1-5(2,3-6)4-7;3-1-2-4/h1-6H2;6-7H,3-4H2,1-2H3;3-4H,1-2H2. The number of hydrogen-bond acceptors (Lipinski definition) is 4. The van der Waals surface area contributed by atoms with Gasteiger partial charge in [0.15, 0.2) is 0 Å². The van der Waals surface area contributed by atoms with Crippen LogP contribution in [-0.2, 0) is 0 Å². The monoisotopic (exact) mass is 250 g/mol. The Balaban J connectivity index is 0. The minimum atomic E-state index is -0.306. The lowest BCUT2D eigenvalue weighted by Crippen LogP contribution is -2.20. The van der Waals surface area contributed by atoms with Gasteiger partial charge in [-0.05, 0) is 0 Å². The summed E-state index contributed by atoms with van der Waals surface area (Å²) in [5, 5.41) is 32.1. The highest BCUT2D eigenvalue weighted by atomic mass is 16.3. The van der Waals surface area contributed by atoms with E-state index >= 15 is 0 Å². The molecule has 0 atom stereocenters. The molecule has 0 aromatic rings. The molecule has 1 saturated carbocycles. The Hall–Kier alpha value is -0.160. The topological polar surface area (TPSA) is 80.9 Å². The molecule has 4 nitrogen and oxygen atoms in total. The van der Waals surface area contributed by atoms with E-state index in [1.165, 1.54) is 38.5 Å². The summed E-state index contributed by atoms with van der Waals surface area (Å²) in [7, 11) is 0. The van der Waals surface area contributed by atoms with Crippen LogP contribution in [0.25, 0.3) is 0 Å². The lowest BCUT2D eigenvalue weighted by molar-refractivity contribution is 0.0857. The van der Waals surface area contributed by atoms with Crippen LogP contribution < -0.4 is 0 Å². The summed E-state index contributed by atoms with van der Waals surface area (Å²) in [6.45, 7) is 3.44. The summed E-state index contributed by atoms with van der Waals surface area (Å²) in [4.78, 5) is 0. The van der Waals surface area contributed by atoms with E-state index in [1.807, 2.05) is 0 Å². The molecule has 0 saturated heterocycles. The smallest absolute Gasteiger partial charge is 0.0662 e. The molecular weight excluding hydrogens is 220 g/mol. The van der Waals surface area contributed by atoms with Crippen molar-refractivity contribution in [3.63, 3.8) is 0 Å². The van der Waals surface area contributed by atoms with E-state index in [0.717, 1.165) is 0 Å². The van der Waals surface area contributed by atoms with E-state index in [2.05, 4.69) is 0 Å². The zero-order valence-corrected chi connectivity index (χ0v) is 11.4. The molecule has 0 aromatic heterocycles. The summed E-state index contributed by atoms with van der Waals surface area (Å²) in [6.07, 6.45) is 9.00. The van der Waals surface area contributed by atoms with E-state index in [-0.39, 0.29) is 31.8 Å². The van der Waals surface area contributed by atoms with Gasteiger partial charge in [-0.2, -0.15) is 0 Å². The lowest BCUT2D eigenvalue weighted by Gasteiger charge is -2.16. The first-order valence-electron chi connectivity index (χ1n) is 6.47. The summed E-state index contributed by atoms with van der Waals surface area (Å²) in [6, 6.07) is 0. The van der Waals surface area contributed by atoms with Gasteiger partial charge in [-0.25, -0.2) is 0 Å². The molecular formula is C13H30O4. The largest absolute Gasteiger partial charge is 0.396 e. The first-order valence-corrected chi connectivity index (χ1v) is 6.47. The molecule has 0 aromatic carbocycles. The van der Waals surface area contributed by atoms with Crippen molar-refractivity contribution in [2.24, 2.45) is 5.41 Å². The van der Waals surface area contributed by atoms with Crippen molar-refractivity contribution in [3.05, 3.63) is 0 Å². The molecule has 1 fully saturated rings. The van der Waals surface area contributed by atoms with Crippen LogP contribution in [0.1, 0.15) is 52.4 Å². The molecule has 106 valence electrons. The van der Waals surface area contributed by atoms with Gasteiger partial charge in [0.05, 0.1) is 26.4 Å². The van der Waals surface area contributed by atoms with Crippen LogP contribution in [0.5, 0.6) is 0 Å². The van der Waals surface area contributed by atoms with Crippen LogP contribution >= 0.6 is 0 Å². The van der Waals surface area contributed by atoms with Crippen LogP contribution in [0.3, 0.4) is 0 Å². The molecule has 1 aliphatic carbocycles. The van der Waals surface area contributed by atoms with Gasteiger partial charge in [-0.1, -0.05) is 52.4 Å². The molecule has 4 N–H and O–H groups in total. The Morgan fingerprint density at radius 1 is 0.647 bits per heavy atom. The third kappa shape index (κ3) is 18.4. The Labute approximate surface area is 105 Å². The molecule has 0 aliphatic heterocycles. The second-order valence-electron chi connectivity index (χ2n) is 5.05. The summed E-state index contributed by atoms with van der Waals surface area (Å²) < 4.78 is 0. The number of hydrogen-bond donors (Lipinski definition) is 4. The van der Waals surface area contributed by atoms with Crippen molar-refractivity contribution in [3.8, 4) is 0 Å². The van der Waals surface area contributed by atoms with Crippen molar-refractivity contribution < 1.29 is 20.4 Å². The predicted octanol–water partition coefficient (Wildman–Crippen LogP) is 1.31. The average Bonchev–Trinajstić information content (AvgIpc) is 2.41. The highest BCUT2D eigenvalue weighted by Gasteiger charge is 2.13. The molecule has 0 bridgehead atoms. The third-order valence-electron chi connectivity index (χ3n) is 2.46. The molecule has 17 heavy (non-hydrogen) atoms. The maximum absolute atomic E-state index is 8.43. The zero-order chi connectivity index (χ0) is 13.6. The molecule has 0 unspecified atom stereocenters. The predicted molar refractivity (Wildman–Crippen MR) is 69.8 cm³/mol. The molecule has 0 spiro atoms. The Morgan fingerprint density at radius 3 is 0.941 bits per heavy atom. The number of rotatable bonds is 3. The second kappa shape index (κ2) is 13.9. The Bertz CT molecular complexity index is 114. The fraction of sp³-hybridized carbons (Fsp3) is 1.00. The van der Waals surface area contributed by atoms with Crippen molar-refractivity contribution in [1.29, 1.82) is 0 Å². The van der Waals surface area contributed by atoms with Gasteiger partial charge in [0, 0.05) is 5.41 Å². The van der Waals surface area contributed by atoms with Gasteiger partial charge in [-0.3, -0.25) is 0 Å². The van der Waals surface area contributed by atoms with Crippen LogP contribution in [0.15, 0.2) is 0 Å². The van der Waals surface area contributed by atoms with Gasteiger partial charge in [0.2, 0.25) is 0 Å². The summed E-state index contributed by atoms with van der Waals surface area (Å²) >= 11 is 0. The van der Waals surface area contributed by atoms with Gasteiger partial charge < -0.3 is 20.4 Å². The first-order chi connectivity index (χ1) is 8.04. The summed E-state index contributed by atoms with van der Waals surface area (Å²) in [5.74, 6) is 0. The van der Waals surface area contributed by atoms with E-state index in [1.54, 1.807) is 13.8 Å². The van der Waals surface area contributed by atoms with Crippen molar-refractivity contribution in [2.75, 3.05) is 26.4 Å². The highest BCUT2D eigenvalue weighted by molar-refractivity contribution is 4.62. The minimum absolute atomic E-state index is 0.0451. The van der Waals surface area contributed by atoms with Gasteiger partial charge in [0.25, 0.3) is 0 Å². The molecule has 1 rings (SSSR count). The SMILES string of the molecule is C1CCCCC1.CC(C)(CO)CO.OCCO. The maximum Gasteiger partial charge on any atom is 0.0662 e. The fourth-order valence-corrected chi connectivity index (χ4v) is 1.11. The molecule has 0 amide bonds. The fourth-order valence-electron chi connectivity index (χ4n) is 1.11. The lowest BCUT2D eigenvalue weighted by atomic mass is 9.97. The normalized spacial score (nSPS) is 15.2. The molecule has 4 heteroatoms. The van der Waals surface area contributed by atoms with Crippen LogP contribution in [0, 0.1) is 5.41 Å². The summed E-state index contributed by atoms with van der Waals surface area (Å²) in [5.41, 5.74) is -0.306. The van der Waals surface area contributed by atoms with E-state index in [4.69, 9.17) is 20.4 Å². The van der Waals surface area contributed by atoms with E-state index in [9.17, 15) is 0 Å². The van der Waals surface area contributed by atoms with Crippen LogP contribution in [0.4, 0.5) is 0 Å². The quantitative estimate of drug-likeness (QED) is 0.609. The van der Waals surface area contributed by atoms with Crippen LogP contribution in [0.2, 0.25) is 0 Å². The Morgan fingerprint density at radius 2 is 0.882 bits per heavy atom. The molecule has 1 aliphatic rings. The van der Waals surface area contributed by atoms with Crippen LogP contribution in [-0.4, -0.2) is 46.9 Å². The molecule has 0 heterocycles. The number of aliphatic hydroxyl groups is 4. The zero-order valence-electron chi connectivity index (χ0n) is 11.4. The second-order valence-corrected chi connectivity index (χ2v) is 5.05. The number of aliphatic hydroxyl groups excluding tert-OH is 4. The first kappa shape index (κ1) is 19.2. The average molecular weight is 250 g/mol.